The van der Waals surface area contributed by atoms with Crippen molar-refractivity contribution < 1.29 is 15.0 Å². The molecule has 0 spiro atoms. The Kier molecular flexibility index (Phi) is 4.55. The quantitative estimate of drug-likeness (QED) is 0.536. The van der Waals surface area contributed by atoms with E-state index in [0.29, 0.717) is 10.2 Å². The molecule has 138 valence electrons. The van der Waals surface area contributed by atoms with Crippen LogP contribution < -0.4 is 5.56 Å². The molecule has 0 unspecified atom stereocenters. The second kappa shape index (κ2) is 6.54. The second-order valence-corrected chi connectivity index (χ2v) is 7.75. The molecule has 3 rings (SSSR count). The fourth-order valence-corrected chi connectivity index (χ4v) is 3.69. The van der Waals surface area contributed by atoms with E-state index in [1.54, 1.807) is 12.3 Å². The molecule has 0 aliphatic rings. The summed E-state index contributed by atoms with van der Waals surface area (Å²) < 4.78 is 0.466. The highest BCUT2D eigenvalue weighted by atomic mass is 32.1. The molecule has 0 aromatic carbocycles. The van der Waals surface area contributed by atoms with Crippen molar-refractivity contribution >= 4 is 27.6 Å². The maximum Gasteiger partial charge on any atom is 0.407 e. The molecule has 0 fully saturated rings. The molecule has 0 aliphatic heterocycles. The molecule has 1 amide bonds. The zero-order chi connectivity index (χ0) is 19.1. The van der Waals surface area contributed by atoms with E-state index in [2.05, 4.69) is 20.2 Å². The molecular formula is C16H19N5O4S. The lowest BCUT2D eigenvalue weighted by Crippen LogP contribution is -2.41. The highest BCUT2D eigenvalue weighted by molar-refractivity contribution is 7.22. The molecule has 0 atom stereocenters. The average Bonchev–Trinajstić information content (AvgIpc) is 3.11. The predicted octanol–water partition coefficient (Wildman–Crippen LogP) is 1.93. The molecule has 9 nitrogen and oxygen atoms in total. The Balaban J connectivity index is 1.96. The van der Waals surface area contributed by atoms with Gasteiger partial charge in [0.2, 0.25) is 0 Å². The highest BCUT2D eigenvalue weighted by Crippen LogP contribution is 2.32. The first-order valence-corrected chi connectivity index (χ1v) is 8.69. The number of hydrogen-bond acceptors (Lipinski definition) is 6. The summed E-state index contributed by atoms with van der Waals surface area (Å²) in [6.45, 7) is 4.69. The van der Waals surface area contributed by atoms with Gasteiger partial charge in [0.25, 0.3) is 5.56 Å². The predicted molar refractivity (Wildman–Crippen MR) is 97.3 cm³/mol. The maximum atomic E-state index is 12.4. The monoisotopic (exact) mass is 377 g/mol. The van der Waals surface area contributed by atoms with Gasteiger partial charge in [0.05, 0.1) is 30.4 Å². The van der Waals surface area contributed by atoms with Crippen LogP contribution in [0.5, 0.6) is 0 Å². The first-order valence-electron chi connectivity index (χ1n) is 7.87. The summed E-state index contributed by atoms with van der Waals surface area (Å²) in [7, 11) is 0. The van der Waals surface area contributed by atoms with Gasteiger partial charge in [-0.2, -0.15) is 5.10 Å². The number of aliphatic hydroxyl groups is 1. The van der Waals surface area contributed by atoms with E-state index in [0.717, 1.165) is 21.0 Å². The van der Waals surface area contributed by atoms with Crippen LogP contribution in [0.1, 0.15) is 25.4 Å². The number of rotatable bonds is 5. The van der Waals surface area contributed by atoms with E-state index in [9.17, 15) is 19.8 Å². The lowest BCUT2D eigenvalue weighted by molar-refractivity contribution is 0.0338. The minimum Gasteiger partial charge on any atom is -0.465 e. The lowest BCUT2D eigenvalue weighted by atomic mass is 10.1. The van der Waals surface area contributed by atoms with Gasteiger partial charge in [-0.3, -0.25) is 14.8 Å². The molecule has 3 aromatic rings. The number of carbonyl (C=O) groups is 1. The van der Waals surface area contributed by atoms with Crippen LogP contribution in [0.4, 0.5) is 4.79 Å². The Labute approximate surface area is 152 Å². The SMILES string of the molecule is Cc1[nH]ncc1-c1cc2nc(CN(CC(C)(C)O)C(=O)O)[nH]c(=O)c2s1. The van der Waals surface area contributed by atoms with Gasteiger partial charge in [0.15, 0.2) is 0 Å². The summed E-state index contributed by atoms with van der Waals surface area (Å²) in [4.78, 5) is 32.7. The number of thiophene rings is 1. The summed E-state index contributed by atoms with van der Waals surface area (Å²) >= 11 is 1.30. The molecule has 0 saturated carbocycles. The minimum atomic E-state index is -1.20. The molecule has 0 bridgehead atoms. The standard InChI is InChI=1S/C16H19N5O4S/c1-8-9(5-17-20-8)11-4-10-13(26-11)14(22)19-12(18-10)6-21(15(23)24)7-16(2,3)25/h4-5,25H,6-7H2,1-3H3,(H,17,20)(H,23,24)(H,18,19,22). The summed E-state index contributed by atoms with van der Waals surface area (Å²) in [6.07, 6.45) is 0.486. The molecule has 0 saturated heterocycles. The number of carboxylic acid groups (broad SMARTS) is 1. The van der Waals surface area contributed by atoms with Gasteiger partial charge < -0.3 is 15.2 Å². The summed E-state index contributed by atoms with van der Waals surface area (Å²) in [5, 5.41) is 26.0. The minimum absolute atomic E-state index is 0.104. The van der Waals surface area contributed by atoms with Crippen molar-refractivity contribution in [3.63, 3.8) is 0 Å². The van der Waals surface area contributed by atoms with Crippen molar-refractivity contribution in [3.8, 4) is 10.4 Å². The Morgan fingerprint density at radius 1 is 1.42 bits per heavy atom. The number of aromatic amines is 2. The third kappa shape index (κ3) is 3.75. The van der Waals surface area contributed by atoms with Gasteiger partial charge in [0.1, 0.15) is 10.5 Å². The Morgan fingerprint density at radius 2 is 2.15 bits per heavy atom. The van der Waals surface area contributed by atoms with Crippen molar-refractivity contribution in [1.29, 1.82) is 0 Å². The fourth-order valence-electron chi connectivity index (χ4n) is 2.63. The largest absolute Gasteiger partial charge is 0.465 e. The topological polar surface area (TPSA) is 135 Å². The van der Waals surface area contributed by atoms with Crippen LogP contribution in [-0.2, 0) is 6.54 Å². The average molecular weight is 377 g/mol. The lowest BCUT2D eigenvalue weighted by Gasteiger charge is -2.26. The van der Waals surface area contributed by atoms with E-state index in [-0.39, 0.29) is 24.5 Å². The first kappa shape index (κ1) is 18.1. The van der Waals surface area contributed by atoms with Crippen LogP contribution in [0.2, 0.25) is 0 Å². The van der Waals surface area contributed by atoms with E-state index in [4.69, 9.17) is 0 Å². The number of nitrogens with zero attached hydrogens (tertiary/aromatic N) is 3. The van der Waals surface area contributed by atoms with Gasteiger partial charge in [-0.25, -0.2) is 9.78 Å². The van der Waals surface area contributed by atoms with Gasteiger partial charge in [-0.1, -0.05) is 0 Å². The van der Waals surface area contributed by atoms with Crippen molar-refractivity contribution in [2.24, 2.45) is 0 Å². The molecule has 26 heavy (non-hydrogen) atoms. The normalized spacial score (nSPS) is 11.8. The summed E-state index contributed by atoms with van der Waals surface area (Å²) in [6, 6.07) is 1.79. The number of aromatic nitrogens is 4. The van der Waals surface area contributed by atoms with Crippen molar-refractivity contribution in [3.05, 3.63) is 34.1 Å². The van der Waals surface area contributed by atoms with E-state index in [1.165, 1.54) is 25.2 Å². The van der Waals surface area contributed by atoms with E-state index >= 15 is 0 Å². The number of nitrogens with one attached hydrogen (secondary N) is 2. The zero-order valence-corrected chi connectivity index (χ0v) is 15.3. The number of aryl methyl sites for hydroxylation is 1. The van der Waals surface area contributed by atoms with E-state index < -0.39 is 11.7 Å². The van der Waals surface area contributed by atoms with Crippen LogP contribution in [0.3, 0.4) is 0 Å². The van der Waals surface area contributed by atoms with Crippen molar-refractivity contribution in [2.75, 3.05) is 6.54 Å². The van der Waals surface area contributed by atoms with E-state index in [1.807, 2.05) is 6.92 Å². The van der Waals surface area contributed by atoms with Crippen LogP contribution in [-0.4, -0.2) is 53.5 Å². The molecule has 0 radical (unpaired) electrons. The van der Waals surface area contributed by atoms with Gasteiger partial charge in [0, 0.05) is 16.1 Å². The second-order valence-electron chi connectivity index (χ2n) is 6.70. The van der Waals surface area contributed by atoms with Crippen molar-refractivity contribution in [2.45, 2.75) is 32.9 Å². The molecular weight excluding hydrogens is 358 g/mol. The first-order chi connectivity index (χ1) is 12.1. The maximum absolute atomic E-state index is 12.4. The third-order valence-corrected chi connectivity index (χ3v) is 4.87. The Bertz CT molecular complexity index is 1010. The molecule has 10 heteroatoms. The van der Waals surface area contributed by atoms with Crippen LogP contribution in [0, 0.1) is 6.92 Å². The number of amides is 1. The van der Waals surface area contributed by atoms with Crippen LogP contribution >= 0.6 is 11.3 Å². The highest BCUT2D eigenvalue weighted by Gasteiger charge is 2.23. The Morgan fingerprint density at radius 3 is 2.73 bits per heavy atom. The van der Waals surface area contributed by atoms with Gasteiger partial charge in [-0.05, 0) is 26.8 Å². The zero-order valence-electron chi connectivity index (χ0n) is 14.5. The molecule has 4 N–H and O–H groups in total. The molecule has 3 heterocycles. The van der Waals surface area contributed by atoms with Crippen LogP contribution in [0.25, 0.3) is 20.7 Å². The van der Waals surface area contributed by atoms with Crippen LogP contribution in [0.15, 0.2) is 17.1 Å². The molecule has 3 aromatic heterocycles. The van der Waals surface area contributed by atoms with Crippen molar-refractivity contribution in [1.82, 2.24) is 25.1 Å². The summed E-state index contributed by atoms with van der Waals surface area (Å²) in [5.74, 6) is 0.224. The number of hydrogen-bond donors (Lipinski definition) is 4. The third-order valence-electron chi connectivity index (χ3n) is 3.72. The van der Waals surface area contributed by atoms with Gasteiger partial charge >= 0.3 is 6.09 Å². The summed E-state index contributed by atoms with van der Waals surface area (Å²) in [5.41, 5.74) is 0.754. The fraction of sp³-hybridized carbons (Fsp3) is 0.375. The Hall–Kier alpha value is -2.72. The smallest absolute Gasteiger partial charge is 0.407 e. The number of fused-ring (bicyclic) bond motifs is 1. The van der Waals surface area contributed by atoms with Gasteiger partial charge in [-0.15, -0.1) is 11.3 Å². The molecule has 0 aliphatic carbocycles. The number of H-pyrrole nitrogens is 2.